The fourth-order valence-corrected chi connectivity index (χ4v) is 4.41. The Morgan fingerprint density at radius 2 is 1.96 bits per heavy atom. The molecule has 2 aromatic rings. The van der Waals surface area contributed by atoms with E-state index in [1.165, 1.54) is 12.1 Å². The first kappa shape index (κ1) is 17.6. The van der Waals surface area contributed by atoms with Crippen LogP contribution in [0.25, 0.3) is 0 Å². The monoisotopic (exact) mass is 359 g/mol. The molecule has 1 amide bonds. The van der Waals surface area contributed by atoms with Crippen LogP contribution in [0.5, 0.6) is 0 Å². The summed E-state index contributed by atoms with van der Waals surface area (Å²) in [6.45, 7) is 3.08. The SMILES string of the molecule is Cc1ccc(S(=O)(=O)NC2CN(C)Cc3ccccc32)cc1C(N)=O. The largest absolute Gasteiger partial charge is 0.366 e. The summed E-state index contributed by atoms with van der Waals surface area (Å²) in [7, 11) is -1.83. The predicted octanol–water partition coefficient (Wildman–Crippen LogP) is 1.56. The van der Waals surface area contributed by atoms with Gasteiger partial charge in [-0.15, -0.1) is 0 Å². The van der Waals surface area contributed by atoms with E-state index in [0.717, 1.165) is 17.7 Å². The first-order valence-electron chi connectivity index (χ1n) is 7.97. The molecule has 1 aliphatic heterocycles. The Labute approximate surface area is 147 Å². The summed E-state index contributed by atoms with van der Waals surface area (Å²) in [5.41, 5.74) is 8.27. The van der Waals surface area contributed by atoms with Crippen LogP contribution in [0.3, 0.4) is 0 Å². The third kappa shape index (κ3) is 3.58. The highest BCUT2D eigenvalue weighted by atomic mass is 32.2. The van der Waals surface area contributed by atoms with Gasteiger partial charge in [0.2, 0.25) is 15.9 Å². The van der Waals surface area contributed by atoms with Crippen LogP contribution in [0.15, 0.2) is 47.4 Å². The smallest absolute Gasteiger partial charge is 0.249 e. The Hall–Kier alpha value is -2.22. The van der Waals surface area contributed by atoms with Gasteiger partial charge in [-0.3, -0.25) is 4.79 Å². The number of aryl methyl sites for hydroxylation is 1. The van der Waals surface area contributed by atoms with Crippen molar-refractivity contribution in [3.8, 4) is 0 Å². The first-order chi connectivity index (χ1) is 11.8. The van der Waals surface area contributed by atoms with Gasteiger partial charge in [0, 0.05) is 18.7 Å². The van der Waals surface area contributed by atoms with E-state index in [1.54, 1.807) is 13.0 Å². The average molecular weight is 359 g/mol. The van der Waals surface area contributed by atoms with Crippen molar-refractivity contribution in [1.82, 2.24) is 9.62 Å². The van der Waals surface area contributed by atoms with Crippen molar-refractivity contribution < 1.29 is 13.2 Å². The minimum absolute atomic E-state index is 0.0395. The molecule has 25 heavy (non-hydrogen) atoms. The van der Waals surface area contributed by atoms with Gasteiger partial charge in [0.25, 0.3) is 0 Å². The molecule has 132 valence electrons. The fourth-order valence-electron chi connectivity index (χ4n) is 3.17. The van der Waals surface area contributed by atoms with Crippen LogP contribution in [0.1, 0.15) is 33.1 Å². The number of likely N-dealkylation sites (N-methyl/N-ethyl adjacent to an activating group) is 1. The molecule has 7 heteroatoms. The molecular weight excluding hydrogens is 338 g/mol. The summed E-state index contributed by atoms with van der Waals surface area (Å²) >= 11 is 0. The highest BCUT2D eigenvalue weighted by Gasteiger charge is 2.28. The number of nitrogens with one attached hydrogen (secondary N) is 1. The number of carbonyl (C=O) groups excluding carboxylic acids is 1. The molecule has 0 aromatic heterocycles. The van der Waals surface area contributed by atoms with Gasteiger partial charge in [-0.2, -0.15) is 0 Å². The molecule has 1 unspecified atom stereocenters. The van der Waals surface area contributed by atoms with Crippen molar-refractivity contribution in [2.45, 2.75) is 24.4 Å². The zero-order valence-electron chi connectivity index (χ0n) is 14.2. The van der Waals surface area contributed by atoms with E-state index in [1.807, 2.05) is 31.3 Å². The number of hydrogen-bond donors (Lipinski definition) is 2. The zero-order valence-corrected chi connectivity index (χ0v) is 15.0. The normalized spacial score (nSPS) is 17.9. The zero-order chi connectivity index (χ0) is 18.2. The minimum Gasteiger partial charge on any atom is -0.366 e. The van der Waals surface area contributed by atoms with Gasteiger partial charge in [0.05, 0.1) is 10.9 Å². The van der Waals surface area contributed by atoms with E-state index in [2.05, 4.69) is 9.62 Å². The second kappa shape index (κ2) is 6.59. The summed E-state index contributed by atoms with van der Waals surface area (Å²) in [5.74, 6) is -0.641. The van der Waals surface area contributed by atoms with E-state index in [9.17, 15) is 13.2 Å². The molecule has 0 saturated heterocycles. The molecule has 2 aromatic carbocycles. The Morgan fingerprint density at radius 1 is 1.24 bits per heavy atom. The Kier molecular flexibility index (Phi) is 4.64. The summed E-state index contributed by atoms with van der Waals surface area (Å²) < 4.78 is 28.4. The molecule has 3 rings (SSSR count). The van der Waals surface area contributed by atoms with E-state index in [0.29, 0.717) is 12.1 Å². The van der Waals surface area contributed by atoms with Crippen molar-refractivity contribution in [2.75, 3.05) is 13.6 Å². The van der Waals surface area contributed by atoms with Crippen LogP contribution in [0, 0.1) is 6.92 Å². The third-order valence-electron chi connectivity index (χ3n) is 4.45. The molecule has 1 heterocycles. The van der Waals surface area contributed by atoms with E-state index < -0.39 is 15.9 Å². The maximum atomic E-state index is 12.8. The number of benzene rings is 2. The van der Waals surface area contributed by atoms with Crippen LogP contribution in [0.2, 0.25) is 0 Å². The number of fused-ring (bicyclic) bond motifs is 1. The number of hydrogen-bond acceptors (Lipinski definition) is 4. The molecule has 0 radical (unpaired) electrons. The van der Waals surface area contributed by atoms with Crippen LogP contribution in [-0.4, -0.2) is 32.8 Å². The Morgan fingerprint density at radius 3 is 2.68 bits per heavy atom. The third-order valence-corrected chi connectivity index (χ3v) is 5.92. The highest BCUT2D eigenvalue weighted by molar-refractivity contribution is 7.89. The van der Waals surface area contributed by atoms with Crippen LogP contribution in [0.4, 0.5) is 0 Å². The topological polar surface area (TPSA) is 92.5 Å². The lowest BCUT2D eigenvalue weighted by Gasteiger charge is -2.32. The molecule has 6 nitrogen and oxygen atoms in total. The molecule has 0 fully saturated rings. The number of nitrogens with zero attached hydrogens (tertiary/aromatic N) is 1. The quantitative estimate of drug-likeness (QED) is 0.866. The average Bonchev–Trinajstić information content (AvgIpc) is 2.54. The lowest BCUT2D eigenvalue weighted by molar-refractivity contribution is 0.0999. The second-order valence-corrected chi connectivity index (χ2v) is 8.12. The summed E-state index contributed by atoms with van der Waals surface area (Å²) in [6, 6.07) is 11.9. The van der Waals surface area contributed by atoms with Gasteiger partial charge in [-0.25, -0.2) is 13.1 Å². The predicted molar refractivity (Wildman–Crippen MR) is 95.5 cm³/mol. The molecule has 0 spiro atoms. The van der Waals surface area contributed by atoms with Crippen LogP contribution < -0.4 is 10.5 Å². The molecular formula is C18H21N3O3S. The number of rotatable bonds is 4. The van der Waals surface area contributed by atoms with Crippen LogP contribution >= 0.6 is 0 Å². The van der Waals surface area contributed by atoms with Crippen molar-refractivity contribution >= 4 is 15.9 Å². The standard InChI is InChI=1S/C18H21N3O3S/c1-12-7-8-14(9-16(12)18(19)22)25(23,24)20-17-11-21(2)10-13-5-3-4-6-15(13)17/h3-9,17,20H,10-11H2,1-2H3,(H2,19,22). The van der Waals surface area contributed by atoms with Gasteiger partial charge in [0.15, 0.2) is 0 Å². The van der Waals surface area contributed by atoms with Crippen molar-refractivity contribution in [3.05, 3.63) is 64.7 Å². The maximum absolute atomic E-state index is 12.8. The molecule has 1 atom stereocenters. The first-order valence-corrected chi connectivity index (χ1v) is 9.45. The van der Waals surface area contributed by atoms with E-state index >= 15 is 0 Å². The summed E-state index contributed by atoms with van der Waals surface area (Å²) in [4.78, 5) is 13.6. The fraction of sp³-hybridized carbons (Fsp3) is 0.278. The van der Waals surface area contributed by atoms with Gasteiger partial charge < -0.3 is 10.6 Å². The van der Waals surface area contributed by atoms with Crippen molar-refractivity contribution in [2.24, 2.45) is 5.73 Å². The number of nitrogens with two attached hydrogens (primary N) is 1. The van der Waals surface area contributed by atoms with Gasteiger partial charge in [0.1, 0.15) is 0 Å². The van der Waals surface area contributed by atoms with Crippen LogP contribution in [-0.2, 0) is 16.6 Å². The number of carbonyl (C=O) groups is 1. The highest BCUT2D eigenvalue weighted by Crippen LogP contribution is 2.27. The number of sulfonamides is 1. The Balaban J connectivity index is 1.95. The number of amides is 1. The number of primary amides is 1. The lowest BCUT2D eigenvalue weighted by atomic mass is 9.96. The second-order valence-electron chi connectivity index (χ2n) is 6.41. The Bertz CT molecular complexity index is 925. The maximum Gasteiger partial charge on any atom is 0.249 e. The summed E-state index contributed by atoms with van der Waals surface area (Å²) in [6.07, 6.45) is 0. The molecule has 1 aliphatic rings. The van der Waals surface area contributed by atoms with E-state index in [4.69, 9.17) is 5.73 Å². The van der Waals surface area contributed by atoms with Crippen molar-refractivity contribution in [3.63, 3.8) is 0 Å². The minimum atomic E-state index is -3.78. The lowest BCUT2D eigenvalue weighted by Crippen LogP contribution is -2.40. The molecule has 0 aliphatic carbocycles. The molecule has 3 N–H and O–H groups in total. The van der Waals surface area contributed by atoms with Gasteiger partial charge in [-0.1, -0.05) is 30.3 Å². The van der Waals surface area contributed by atoms with Gasteiger partial charge >= 0.3 is 0 Å². The van der Waals surface area contributed by atoms with E-state index in [-0.39, 0.29) is 16.5 Å². The molecule has 0 bridgehead atoms. The molecule has 0 saturated carbocycles. The summed E-state index contributed by atoms with van der Waals surface area (Å²) in [5, 5.41) is 0. The van der Waals surface area contributed by atoms with Crippen molar-refractivity contribution in [1.29, 1.82) is 0 Å². The van der Waals surface area contributed by atoms with Gasteiger partial charge in [-0.05, 0) is 42.8 Å².